The van der Waals surface area contributed by atoms with Crippen molar-refractivity contribution in [1.82, 2.24) is 5.43 Å². The Morgan fingerprint density at radius 1 is 1.62 bits per heavy atom. The third-order valence-electron chi connectivity index (χ3n) is 2.03. The van der Waals surface area contributed by atoms with Gasteiger partial charge < -0.3 is 5.73 Å². The van der Waals surface area contributed by atoms with Gasteiger partial charge in [0, 0.05) is 10.6 Å². The topological polar surface area (TPSA) is 81.1 Å². The molecule has 0 fully saturated rings. The summed E-state index contributed by atoms with van der Waals surface area (Å²) < 4.78 is 13.5. The molecule has 0 radical (unpaired) electrons. The molecular formula is C10H14FN3OS. The number of halogens is 1. The third-order valence-corrected chi connectivity index (χ3v) is 3.45. The van der Waals surface area contributed by atoms with E-state index in [2.05, 4.69) is 5.43 Å². The minimum atomic E-state index is -0.423. The Kier molecular flexibility index (Phi) is 4.57. The van der Waals surface area contributed by atoms with Crippen molar-refractivity contribution in [2.75, 3.05) is 5.73 Å². The van der Waals surface area contributed by atoms with Gasteiger partial charge in [-0.3, -0.25) is 10.2 Å². The van der Waals surface area contributed by atoms with Gasteiger partial charge in [0.15, 0.2) is 0 Å². The number of amides is 1. The summed E-state index contributed by atoms with van der Waals surface area (Å²) >= 11 is 1.13. The van der Waals surface area contributed by atoms with Gasteiger partial charge in [0.05, 0.1) is 5.25 Å². The molecule has 16 heavy (non-hydrogen) atoms. The minimum absolute atomic E-state index is 0.316. The zero-order chi connectivity index (χ0) is 12.1. The van der Waals surface area contributed by atoms with Crippen LogP contribution in [0.2, 0.25) is 0 Å². The largest absolute Gasteiger partial charge is 0.399 e. The molecule has 1 aromatic carbocycles. The summed E-state index contributed by atoms with van der Waals surface area (Å²) in [4.78, 5) is 11.7. The number of rotatable bonds is 4. The summed E-state index contributed by atoms with van der Waals surface area (Å²) in [6.07, 6.45) is 0.567. The van der Waals surface area contributed by atoms with E-state index in [4.69, 9.17) is 11.6 Å². The maximum atomic E-state index is 13.5. The van der Waals surface area contributed by atoms with Gasteiger partial charge in [-0.05, 0) is 24.6 Å². The van der Waals surface area contributed by atoms with Crippen molar-refractivity contribution in [3.63, 3.8) is 0 Å². The Hall–Kier alpha value is -1.27. The average molecular weight is 243 g/mol. The van der Waals surface area contributed by atoms with E-state index in [9.17, 15) is 9.18 Å². The van der Waals surface area contributed by atoms with Crippen molar-refractivity contribution < 1.29 is 9.18 Å². The summed E-state index contributed by atoms with van der Waals surface area (Å²) in [7, 11) is 0. The molecular weight excluding hydrogens is 229 g/mol. The van der Waals surface area contributed by atoms with Gasteiger partial charge in [0.2, 0.25) is 5.91 Å². The van der Waals surface area contributed by atoms with E-state index in [0.717, 1.165) is 11.8 Å². The lowest BCUT2D eigenvalue weighted by atomic mass is 10.3. The van der Waals surface area contributed by atoms with E-state index in [-0.39, 0.29) is 5.91 Å². The first-order valence-electron chi connectivity index (χ1n) is 4.80. The Labute approximate surface area is 97.5 Å². The van der Waals surface area contributed by atoms with Crippen LogP contribution in [0.5, 0.6) is 0 Å². The van der Waals surface area contributed by atoms with Gasteiger partial charge in [-0.1, -0.05) is 6.92 Å². The fraction of sp³-hybridized carbons (Fsp3) is 0.300. The van der Waals surface area contributed by atoms with Crippen LogP contribution in [0.3, 0.4) is 0 Å². The van der Waals surface area contributed by atoms with Crippen LogP contribution >= 0.6 is 11.8 Å². The molecule has 0 saturated carbocycles. The first-order chi connectivity index (χ1) is 7.58. The molecule has 0 aliphatic heterocycles. The second-order valence-electron chi connectivity index (χ2n) is 3.21. The molecule has 0 spiro atoms. The molecule has 1 rings (SSSR count). The van der Waals surface area contributed by atoms with E-state index >= 15 is 0 Å². The highest BCUT2D eigenvalue weighted by Gasteiger charge is 2.18. The molecule has 1 unspecified atom stereocenters. The van der Waals surface area contributed by atoms with Gasteiger partial charge in [-0.15, -0.1) is 11.8 Å². The molecule has 0 aliphatic rings. The third kappa shape index (κ3) is 3.11. The quantitative estimate of drug-likeness (QED) is 0.244. The maximum absolute atomic E-state index is 13.5. The summed E-state index contributed by atoms with van der Waals surface area (Å²) in [6.45, 7) is 1.84. The number of thioether (sulfide) groups is 1. The second kappa shape index (κ2) is 5.72. The standard InChI is InChI=1S/C10H14FN3OS/c1-2-8(10(15)14-13)16-9-4-3-6(12)5-7(9)11/h3-5,8H,2,12-13H2,1H3,(H,14,15). The van der Waals surface area contributed by atoms with E-state index < -0.39 is 11.1 Å². The monoisotopic (exact) mass is 243 g/mol. The molecule has 5 N–H and O–H groups in total. The SMILES string of the molecule is CCC(Sc1ccc(N)cc1F)C(=O)NN. The fourth-order valence-electron chi connectivity index (χ4n) is 1.18. The Balaban J connectivity index is 2.82. The van der Waals surface area contributed by atoms with Crippen molar-refractivity contribution in [3.8, 4) is 0 Å². The van der Waals surface area contributed by atoms with Crippen molar-refractivity contribution >= 4 is 23.4 Å². The summed E-state index contributed by atoms with van der Waals surface area (Å²) in [5.74, 6) is 4.30. The molecule has 0 aromatic heterocycles. The van der Waals surface area contributed by atoms with Crippen molar-refractivity contribution in [1.29, 1.82) is 0 Å². The van der Waals surface area contributed by atoms with Crippen LogP contribution in [0.15, 0.2) is 23.1 Å². The molecule has 1 atom stereocenters. The van der Waals surface area contributed by atoms with Crippen molar-refractivity contribution in [3.05, 3.63) is 24.0 Å². The first kappa shape index (κ1) is 12.8. The average Bonchev–Trinajstić information content (AvgIpc) is 2.27. The van der Waals surface area contributed by atoms with Crippen molar-refractivity contribution in [2.45, 2.75) is 23.5 Å². The van der Waals surface area contributed by atoms with Gasteiger partial charge in [0.25, 0.3) is 0 Å². The number of hydrogen-bond donors (Lipinski definition) is 3. The maximum Gasteiger partial charge on any atom is 0.247 e. The summed E-state index contributed by atoms with van der Waals surface area (Å²) in [6, 6.07) is 4.38. The number of nitrogen functional groups attached to an aromatic ring is 1. The first-order valence-corrected chi connectivity index (χ1v) is 5.68. The van der Waals surface area contributed by atoms with E-state index in [1.54, 1.807) is 12.1 Å². The van der Waals surface area contributed by atoms with Crippen LogP contribution < -0.4 is 17.0 Å². The lowest BCUT2D eigenvalue weighted by molar-refractivity contribution is -0.120. The Bertz CT molecular complexity index is 386. The molecule has 1 aromatic rings. The number of hydrogen-bond acceptors (Lipinski definition) is 4. The molecule has 0 bridgehead atoms. The highest BCUT2D eigenvalue weighted by atomic mass is 32.2. The number of nitrogens with two attached hydrogens (primary N) is 2. The van der Waals surface area contributed by atoms with Crippen LogP contribution in [0.25, 0.3) is 0 Å². The van der Waals surface area contributed by atoms with Gasteiger partial charge in [0.1, 0.15) is 5.82 Å². The minimum Gasteiger partial charge on any atom is -0.399 e. The number of hydrazine groups is 1. The van der Waals surface area contributed by atoms with Gasteiger partial charge in [-0.2, -0.15) is 0 Å². The van der Waals surface area contributed by atoms with E-state index in [1.165, 1.54) is 6.07 Å². The molecule has 6 heteroatoms. The zero-order valence-corrected chi connectivity index (χ0v) is 9.68. The highest BCUT2D eigenvalue weighted by Crippen LogP contribution is 2.28. The number of carbonyl (C=O) groups is 1. The predicted octanol–water partition coefficient (Wildman–Crippen LogP) is 1.27. The van der Waals surface area contributed by atoms with E-state index in [0.29, 0.717) is 17.0 Å². The number of carbonyl (C=O) groups excluding carboxylic acids is 1. The van der Waals surface area contributed by atoms with Crippen LogP contribution in [0.4, 0.5) is 10.1 Å². The second-order valence-corrected chi connectivity index (χ2v) is 4.46. The summed E-state index contributed by atoms with van der Waals surface area (Å²) in [5.41, 5.74) is 7.85. The predicted molar refractivity (Wildman–Crippen MR) is 63.1 cm³/mol. The number of anilines is 1. The number of benzene rings is 1. The molecule has 0 aliphatic carbocycles. The molecule has 0 heterocycles. The summed E-state index contributed by atoms with van der Waals surface area (Å²) in [5, 5.41) is -0.400. The van der Waals surface area contributed by atoms with Crippen LogP contribution in [-0.4, -0.2) is 11.2 Å². The molecule has 88 valence electrons. The molecule has 0 saturated heterocycles. The highest BCUT2D eigenvalue weighted by molar-refractivity contribution is 8.00. The van der Waals surface area contributed by atoms with E-state index in [1.807, 2.05) is 6.92 Å². The van der Waals surface area contributed by atoms with Gasteiger partial charge in [-0.25, -0.2) is 10.2 Å². The Morgan fingerprint density at radius 3 is 2.81 bits per heavy atom. The number of nitrogens with one attached hydrogen (secondary N) is 1. The molecule has 4 nitrogen and oxygen atoms in total. The Morgan fingerprint density at radius 2 is 2.31 bits per heavy atom. The van der Waals surface area contributed by atoms with Gasteiger partial charge >= 0.3 is 0 Å². The zero-order valence-electron chi connectivity index (χ0n) is 8.87. The normalized spacial score (nSPS) is 12.2. The molecule has 1 amide bonds. The van der Waals surface area contributed by atoms with Crippen LogP contribution in [-0.2, 0) is 4.79 Å². The van der Waals surface area contributed by atoms with Crippen LogP contribution in [0.1, 0.15) is 13.3 Å². The lowest BCUT2D eigenvalue weighted by Crippen LogP contribution is -2.37. The lowest BCUT2D eigenvalue weighted by Gasteiger charge is -2.13. The fourth-order valence-corrected chi connectivity index (χ4v) is 2.15. The van der Waals surface area contributed by atoms with Crippen molar-refractivity contribution in [2.24, 2.45) is 5.84 Å². The smallest absolute Gasteiger partial charge is 0.247 e. The van der Waals surface area contributed by atoms with Crippen LogP contribution in [0, 0.1) is 5.82 Å².